The zero-order valence-electron chi connectivity index (χ0n) is 13.1. The molecule has 0 radical (unpaired) electrons. The third-order valence-electron chi connectivity index (χ3n) is 3.73. The van der Waals surface area contributed by atoms with Crippen LogP contribution in [0.5, 0.6) is 11.5 Å². The van der Waals surface area contributed by atoms with Crippen LogP contribution in [0, 0.1) is 5.21 Å². The van der Waals surface area contributed by atoms with Crippen LogP contribution in [0.2, 0.25) is 0 Å². The van der Waals surface area contributed by atoms with Gasteiger partial charge >= 0.3 is 12.1 Å². The molecule has 1 aromatic carbocycles. The van der Waals surface area contributed by atoms with Crippen LogP contribution in [0.3, 0.4) is 0 Å². The molecule has 0 spiro atoms. The third-order valence-corrected chi connectivity index (χ3v) is 3.73. The second-order valence-electron chi connectivity index (χ2n) is 5.06. The molecule has 132 valence electrons. The predicted octanol–water partition coefficient (Wildman–Crippen LogP) is -0.0973. The van der Waals surface area contributed by atoms with Gasteiger partial charge in [-0.3, -0.25) is 4.90 Å². The van der Waals surface area contributed by atoms with Gasteiger partial charge in [0.2, 0.25) is 0 Å². The third kappa shape index (κ3) is 3.50. The number of hydrogen-bond acceptors (Lipinski definition) is 7. The van der Waals surface area contributed by atoms with Crippen molar-refractivity contribution in [1.29, 1.82) is 0 Å². The number of amides is 1. The molecule has 0 bridgehead atoms. The van der Waals surface area contributed by atoms with Crippen molar-refractivity contribution in [2.75, 3.05) is 20.8 Å². The summed E-state index contributed by atoms with van der Waals surface area (Å²) in [7, 11) is 2.77. The lowest BCUT2D eigenvalue weighted by Gasteiger charge is -2.36. The number of nitrogens with zero attached hydrogens (tertiary/aromatic N) is 1. The molecule has 3 N–H and O–H groups in total. The molecule has 1 aliphatic heterocycles. The van der Waals surface area contributed by atoms with Gasteiger partial charge < -0.3 is 24.5 Å². The first-order valence-corrected chi connectivity index (χ1v) is 7.03. The Morgan fingerprint density at radius 3 is 2.42 bits per heavy atom. The summed E-state index contributed by atoms with van der Waals surface area (Å²) in [4.78, 5) is 23.9. The number of quaternary nitrogens is 1. The molecule has 2 atom stereocenters. The summed E-state index contributed by atoms with van der Waals surface area (Å²) in [6, 6.07) is 1.77. The van der Waals surface area contributed by atoms with Crippen LogP contribution in [0.15, 0.2) is 12.1 Å². The molecule has 1 amide bonds. The van der Waals surface area contributed by atoms with Crippen molar-refractivity contribution in [2.45, 2.75) is 19.1 Å². The van der Waals surface area contributed by atoms with Crippen LogP contribution in [0.25, 0.3) is 0 Å². The van der Waals surface area contributed by atoms with Crippen molar-refractivity contribution in [3.63, 3.8) is 0 Å². The van der Waals surface area contributed by atoms with E-state index in [1.54, 1.807) is 0 Å². The van der Waals surface area contributed by atoms with E-state index in [1.807, 2.05) is 0 Å². The number of hydrogen-bond donors (Lipinski definition) is 3. The Labute approximate surface area is 137 Å². The number of carbonyl (C=O) groups excluding carboxylic acids is 1. The van der Waals surface area contributed by atoms with E-state index in [1.165, 1.54) is 26.4 Å². The van der Waals surface area contributed by atoms with Gasteiger partial charge in [0.15, 0.2) is 17.2 Å². The highest BCUT2D eigenvalue weighted by Crippen LogP contribution is 2.32. The minimum atomic E-state index is -1.21. The number of carboxylic acid groups (broad SMARTS) is 1. The van der Waals surface area contributed by atoms with E-state index in [0.29, 0.717) is 12.2 Å². The fourth-order valence-electron chi connectivity index (χ4n) is 2.32. The van der Waals surface area contributed by atoms with Gasteiger partial charge in [0.05, 0.1) is 19.8 Å². The Kier molecular flexibility index (Phi) is 5.44. The van der Waals surface area contributed by atoms with Gasteiger partial charge in [0.1, 0.15) is 12.6 Å². The number of ether oxygens (including phenoxy) is 3. The lowest BCUT2D eigenvalue weighted by molar-refractivity contribution is -0.991. The fraction of sp³-hybridized carbons (Fsp3) is 0.429. The van der Waals surface area contributed by atoms with Gasteiger partial charge in [-0.1, -0.05) is 0 Å². The first-order valence-electron chi connectivity index (χ1n) is 7.03. The Hall–Kier alpha value is -2.56. The molecule has 1 heterocycles. The van der Waals surface area contributed by atoms with Crippen LogP contribution in [0.4, 0.5) is 10.5 Å². The van der Waals surface area contributed by atoms with Crippen molar-refractivity contribution in [3.05, 3.63) is 22.9 Å². The standard InChI is InChI=1S/C14H18N2O8/c1-22-11-5-8(10(16(20)21)6-12(11)23-2)7-24-14(19)15-4-3-9(15)13(17)18/h5-6,9,16,20H,3-4,7H2,1-2H3,(H,17,18). The average Bonchev–Trinajstić information content (AvgIpc) is 2.50. The van der Waals surface area contributed by atoms with E-state index in [2.05, 4.69) is 0 Å². The first-order chi connectivity index (χ1) is 11.4. The molecule has 10 nitrogen and oxygen atoms in total. The topological polar surface area (TPSA) is 133 Å². The van der Waals surface area contributed by atoms with Gasteiger partial charge in [-0.2, -0.15) is 5.23 Å². The number of benzene rings is 1. The SMILES string of the molecule is COc1cc(COC(=O)N2CCC2C(=O)O)c([NH+]([O-])O)cc1OC. The van der Waals surface area contributed by atoms with Gasteiger partial charge in [0, 0.05) is 12.6 Å². The van der Waals surface area contributed by atoms with Gasteiger partial charge in [-0.25, -0.2) is 14.8 Å². The van der Waals surface area contributed by atoms with Crippen LogP contribution in [-0.2, 0) is 16.1 Å². The second kappa shape index (κ2) is 7.34. The minimum absolute atomic E-state index is 0.0983. The summed E-state index contributed by atoms with van der Waals surface area (Å²) in [5.41, 5.74) is 0.111. The normalized spacial score (nSPS) is 17.7. The van der Waals surface area contributed by atoms with Crippen LogP contribution in [-0.4, -0.2) is 54.1 Å². The molecule has 1 aliphatic rings. The Bertz CT molecular complexity index is 633. The zero-order valence-corrected chi connectivity index (χ0v) is 13.1. The number of carbonyl (C=O) groups is 2. The summed E-state index contributed by atoms with van der Waals surface area (Å²) in [6.45, 7) is -0.0445. The van der Waals surface area contributed by atoms with Gasteiger partial charge in [0.25, 0.3) is 0 Å². The molecular weight excluding hydrogens is 324 g/mol. The van der Waals surface area contributed by atoms with Crippen LogP contribution in [0.1, 0.15) is 12.0 Å². The maximum absolute atomic E-state index is 11.9. The van der Waals surface area contributed by atoms with Crippen molar-refractivity contribution in [2.24, 2.45) is 0 Å². The van der Waals surface area contributed by atoms with Gasteiger partial charge in [-0.05, 0) is 12.5 Å². The average molecular weight is 342 g/mol. The van der Waals surface area contributed by atoms with Crippen LogP contribution >= 0.6 is 0 Å². The Balaban J connectivity index is 2.13. The van der Waals surface area contributed by atoms with E-state index in [9.17, 15) is 20.0 Å². The maximum Gasteiger partial charge on any atom is 0.410 e. The van der Waals surface area contributed by atoms with E-state index < -0.39 is 23.3 Å². The molecule has 24 heavy (non-hydrogen) atoms. The summed E-state index contributed by atoms with van der Waals surface area (Å²) in [6.07, 6.45) is -0.443. The molecule has 1 fully saturated rings. The van der Waals surface area contributed by atoms with Crippen molar-refractivity contribution >= 4 is 17.7 Å². The van der Waals surface area contributed by atoms with Crippen molar-refractivity contribution in [3.8, 4) is 11.5 Å². The summed E-state index contributed by atoms with van der Waals surface area (Å²) in [5, 5.41) is 28.3. The molecule has 0 aliphatic carbocycles. The monoisotopic (exact) mass is 342 g/mol. The molecule has 2 unspecified atom stereocenters. The smallest absolute Gasteiger partial charge is 0.410 e. The summed E-state index contributed by atoms with van der Waals surface area (Å²) < 4.78 is 15.2. The van der Waals surface area contributed by atoms with Crippen LogP contribution < -0.4 is 14.7 Å². The minimum Gasteiger partial charge on any atom is -0.595 e. The fourth-order valence-corrected chi connectivity index (χ4v) is 2.32. The molecular formula is C14H18N2O8. The molecule has 1 saturated heterocycles. The summed E-state index contributed by atoms with van der Waals surface area (Å²) in [5.74, 6) is -0.574. The number of carboxylic acids is 1. The lowest BCUT2D eigenvalue weighted by atomic mass is 10.1. The predicted molar refractivity (Wildman–Crippen MR) is 78.3 cm³/mol. The van der Waals surface area contributed by atoms with Crippen molar-refractivity contribution < 1.29 is 39.3 Å². The number of rotatable bonds is 6. The lowest BCUT2D eigenvalue weighted by Crippen LogP contribution is -2.99. The number of methoxy groups -OCH3 is 2. The van der Waals surface area contributed by atoms with Gasteiger partial charge in [-0.15, -0.1) is 0 Å². The molecule has 10 heteroatoms. The first kappa shape index (κ1) is 17.8. The molecule has 1 aromatic rings. The summed E-state index contributed by atoms with van der Waals surface area (Å²) >= 11 is 0. The quantitative estimate of drug-likeness (QED) is 0.611. The van der Waals surface area contributed by atoms with E-state index in [4.69, 9.17) is 19.3 Å². The molecule has 0 aromatic heterocycles. The maximum atomic E-state index is 11.9. The molecule has 0 saturated carbocycles. The highest BCUT2D eigenvalue weighted by atomic mass is 16.8. The van der Waals surface area contributed by atoms with E-state index in [0.717, 1.165) is 4.90 Å². The Morgan fingerprint density at radius 2 is 1.96 bits per heavy atom. The number of aliphatic carboxylic acids is 1. The highest BCUT2D eigenvalue weighted by Gasteiger charge is 2.38. The van der Waals surface area contributed by atoms with E-state index in [-0.39, 0.29) is 30.2 Å². The second-order valence-corrected chi connectivity index (χ2v) is 5.06. The largest absolute Gasteiger partial charge is 0.595 e. The number of likely N-dealkylation sites (tertiary alicyclic amines) is 1. The molecule has 2 rings (SSSR count). The van der Waals surface area contributed by atoms with E-state index >= 15 is 0 Å². The Morgan fingerprint density at radius 1 is 1.33 bits per heavy atom. The highest BCUT2D eigenvalue weighted by molar-refractivity contribution is 5.81. The number of nitrogens with one attached hydrogen (secondary N) is 1. The van der Waals surface area contributed by atoms with Crippen molar-refractivity contribution in [1.82, 2.24) is 4.90 Å². The zero-order chi connectivity index (χ0) is 17.9.